The highest BCUT2D eigenvalue weighted by atomic mass is 16.3. The predicted octanol–water partition coefficient (Wildman–Crippen LogP) is 1.23. The van der Waals surface area contributed by atoms with E-state index in [1.165, 1.54) is 0 Å². The second kappa shape index (κ2) is 3.15. The molecule has 0 aromatic heterocycles. The molecule has 0 heterocycles. The Bertz CT molecular complexity index is 116. The molecule has 0 aliphatic heterocycles. The van der Waals surface area contributed by atoms with Gasteiger partial charge in [-0.05, 0) is 5.92 Å². The summed E-state index contributed by atoms with van der Waals surface area (Å²) in [6.07, 6.45) is 0.266. The molecule has 0 bridgehead atoms. The van der Waals surface area contributed by atoms with Crippen LogP contribution in [0.3, 0.4) is 0 Å². The summed E-state index contributed by atoms with van der Waals surface area (Å²) in [7, 11) is 0. The van der Waals surface area contributed by atoms with Crippen LogP contribution in [0.5, 0.6) is 0 Å². The second-order valence-corrected chi connectivity index (χ2v) is 3.63. The van der Waals surface area contributed by atoms with Crippen molar-refractivity contribution in [1.29, 1.82) is 0 Å². The van der Waals surface area contributed by atoms with Crippen molar-refractivity contribution in [2.75, 3.05) is 0 Å². The molecule has 0 aliphatic carbocycles. The highest BCUT2D eigenvalue weighted by Gasteiger charge is 2.29. The third kappa shape index (κ3) is 2.10. The molecule has 0 amide bonds. The normalized spacial score (nSPS) is 15.4. The smallest absolute Gasteiger partial charge is 0.128 e. The van der Waals surface area contributed by atoms with E-state index in [9.17, 15) is 9.90 Å². The van der Waals surface area contributed by atoms with Gasteiger partial charge in [0.1, 0.15) is 6.29 Å². The maximum Gasteiger partial charge on any atom is 0.128 e. The topological polar surface area (TPSA) is 37.3 Å². The maximum absolute atomic E-state index is 10.4. The maximum atomic E-state index is 10.4. The van der Waals surface area contributed by atoms with Crippen molar-refractivity contribution < 1.29 is 9.90 Å². The number of aliphatic hydroxyl groups excluding tert-OH is 1. The van der Waals surface area contributed by atoms with Crippen LogP contribution in [0.25, 0.3) is 0 Å². The predicted molar refractivity (Wildman–Crippen MR) is 40.7 cm³/mol. The van der Waals surface area contributed by atoms with Crippen LogP contribution in [-0.2, 0) is 4.79 Å². The summed E-state index contributed by atoms with van der Waals surface area (Å²) in [4.78, 5) is 10.4. The summed E-state index contributed by atoms with van der Waals surface area (Å²) in [5.41, 5.74) is -0.603. The average Bonchev–Trinajstić information content (AvgIpc) is 1.86. The monoisotopic (exact) mass is 144 g/mol. The first kappa shape index (κ1) is 9.63. The number of aliphatic hydroxyl groups is 1. The van der Waals surface area contributed by atoms with E-state index in [0.29, 0.717) is 0 Å². The highest BCUT2D eigenvalue weighted by molar-refractivity contribution is 5.58. The molecule has 0 aromatic carbocycles. The van der Waals surface area contributed by atoms with Crippen LogP contribution in [0, 0.1) is 11.3 Å². The zero-order chi connectivity index (χ0) is 8.36. The van der Waals surface area contributed by atoms with Crippen LogP contribution in [-0.4, -0.2) is 17.5 Å². The van der Waals surface area contributed by atoms with E-state index in [2.05, 4.69) is 0 Å². The molecule has 0 rings (SSSR count). The molecule has 0 saturated heterocycles. The Morgan fingerprint density at radius 1 is 1.40 bits per heavy atom. The molecule has 0 saturated carbocycles. The van der Waals surface area contributed by atoms with E-state index in [0.717, 1.165) is 6.29 Å². The molecular weight excluding hydrogens is 128 g/mol. The SMILES string of the molecule is CC(C)[C@@H](O)C(C)(C)C=O. The van der Waals surface area contributed by atoms with Crippen LogP contribution < -0.4 is 0 Å². The van der Waals surface area contributed by atoms with Gasteiger partial charge in [0.05, 0.1) is 6.10 Å². The van der Waals surface area contributed by atoms with E-state index in [1.807, 2.05) is 13.8 Å². The van der Waals surface area contributed by atoms with Crippen molar-refractivity contribution in [3.8, 4) is 0 Å². The van der Waals surface area contributed by atoms with E-state index in [4.69, 9.17) is 0 Å². The fourth-order valence-corrected chi connectivity index (χ4v) is 0.929. The first-order valence-corrected chi connectivity index (χ1v) is 3.56. The van der Waals surface area contributed by atoms with E-state index >= 15 is 0 Å². The quantitative estimate of drug-likeness (QED) is 0.605. The van der Waals surface area contributed by atoms with Crippen molar-refractivity contribution >= 4 is 6.29 Å². The minimum Gasteiger partial charge on any atom is -0.392 e. The Morgan fingerprint density at radius 2 is 1.80 bits per heavy atom. The highest BCUT2D eigenvalue weighted by Crippen LogP contribution is 2.22. The summed E-state index contributed by atoms with van der Waals surface area (Å²) in [5.74, 6) is 0.139. The Hall–Kier alpha value is -0.370. The lowest BCUT2D eigenvalue weighted by molar-refractivity contribution is -0.121. The minimum atomic E-state index is -0.603. The van der Waals surface area contributed by atoms with Gasteiger partial charge in [-0.15, -0.1) is 0 Å². The molecule has 10 heavy (non-hydrogen) atoms. The summed E-state index contributed by atoms with van der Waals surface area (Å²) >= 11 is 0. The molecule has 2 heteroatoms. The standard InChI is InChI=1S/C8H16O2/c1-6(2)7(10)8(3,4)5-9/h5-7,10H,1-4H3/t7-/m1/s1. The van der Waals surface area contributed by atoms with Gasteiger partial charge in [-0.2, -0.15) is 0 Å². The lowest BCUT2D eigenvalue weighted by Crippen LogP contribution is -2.34. The Balaban J connectivity index is 4.17. The van der Waals surface area contributed by atoms with Gasteiger partial charge >= 0.3 is 0 Å². The zero-order valence-corrected chi connectivity index (χ0v) is 7.09. The van der Waals surface area contributed by atoms with E-state index < -0.39 is 11.5 Å². The fraction of sp³-hybridized carbons (Fsp3) is 0.875. The molecule has 2 nitrogen and oxygen atoms in total. The molecular formula is C8H16O2. The van der Waals surface area contributed by atoms with Gasteiger partial charge in [-0.25, -0.2) is 0 Å². The molecule has 0 aromatic rings. The molecule has 0 unspecified atom stereocenters. The van der Waals surface area contributed by atoms with Crippen molar-refractivity contribution in [1.82, 2.24) is 0 Å². The second-order valence-electron chi connectivity index (χ2n) is 3.63. The average molecular weight is 144 g/mol. The van der Waals surface area contributed by atoms with Crippen molar-refractivity contribution in [2.24, 2.45) is 11.3 Å². The molecule has 1 N–H and O–H groups in total. The first-order chi connectivity index (χ1) is 4.41. The third-order valence-electron chi connectivity index (χ3n) is 1.70. The molecule has 0 fully saturated rings. The molecule has 60 valence electrons. The number of aldehydes is 1. The number of carbonyl (C=O) groups excluding carboxylic acids is 1. The number of rotatable bonds is 3. The van der Waals surface area contributed by atoms with Gasteiger partial charge in [0.15, 0.2) is 0 Å². The molecule has 0 aliphatic rings. The number of carbonyl (C=O) groups is 1. The van der Waals surface area contributed by atoms with Gasteiger partial charge in [-0.3, -0.25) is 0 Å². The first-order valence-electron chi connectivity index (χ1n) is 3.56. The Kier molecular flexibility index (Phi) is 3.03. The van der Waals surface area contributed by atoms with Crippen LogP contribution in [0.2, 0.25) is 0 Å². The van der Waals surface area contributed by atoms with Crippen LogP contribution in [0.15, 0.2) is 0 Å². The lowest BCUT2D eigenvalue weighted by atomic mass is 9.82. The van der Waals surface area contributed by atoms with Gasteiger partial charge in [-0.1, -0.05) is 27.7 Å². The summed E-state index contributed by atoms with van der Waals surface area (Å²) in [6, 6.07) is 0. The number of hydrogen-bond acceptors (Lipinski definition) is 2. The number of hydrogen-bond donors (Lipinski definition) is 1. The molecule has 0 radical (unpaired) electrons. The fourth-order valence-electron chi connectivity index (χ4n) is 0.929. The van der Waals surface area contributed by atoms with Crippen LogP contribution >= 0.6 is 0 Å². The van der Waals surface area contributed by atoms with Gasteiger partial charge in [0.2, 0.25) is 0 Å². The summed E-state index contributed by atoms with van der Waals surface area (Å²) < 4.78 is 0. The van der Waals surface area contributed by atoms with Gasteiger partial charge in [0, 0.05) is 5.41 Å². The third-order valence-corrected chi connectivity index (χ3v) is 1.70. The van der Waals surface area contributed by atoms with Gasteiger partial charge < -0.3 is 9.90 Å². The van der Waals surface area contributed by atoms with E-state index in [-0.39, 0.29) is 5.92 Å². The minimum absolute atomic E-state index is 0.139. The molecule has 1 atom stereocenters. The largest absolute Gasteiger partial charge is 0.392 e. The van der Waals surface area contributed by atoms with Crippen LogP contribution in [0.4, 0.5) is 0 Å². The summed E-state index contributed by atoms with van der Waals surface area (Å²) in [5, 5.41) is 9.42. The zero-order valence-electron chi connectivity index (χ0n) is 7.09. The summed E-state index contributed by atoms with van der Waals surface area (Å²) in [6.45, 7) is 7.28. The van der Waals surface area contributed by atoms with Crippen LogP contribution in [0.1, 0.15) is 27.7 Å². The Labute approximate surface area is 62.2 Å². The van der Waals surface area contributed by atoms with Gasteiger partial charge in [0.25, 0.3) is 0 Å². The van der Waals surface area contributed by atoms with Crippen molar-refractivity contribution in [3.63, 3.8) is 0 Å². The van der Waals surface area contributed by atoms with Crippen molar-refractivity contribution in [2.45, 2.75) is 33.8 Å². The van der Waals surface area contributed by atoms with Crippen molar-refractivity contribution in [3.05, 3.63) is 0 Å². The van der Waals surface area contributed by atoms with E-state index in [1.54, 1.807) is 13.8 Å². The Morgan fingerprint density at radius 3 is 1.90 bits per heavy atom. The lowest BCUT2D eigenvalue weighted by Gasteiger charge is -2.27. The molecule has 0 spiro atoms.